The van der Waals surface area contributed by atoms with Crippen molar-refractivity contribution in [2.45, 2.75) is 0 Å². The van der Waals surface area contributed by atoms with Crippen molar-refractivity contribution in [3.8, 4) is 0 Å². The third-order valence-corrected chi connectivity index (χ3v) is 3.02. The molecular formula is C14H14N6O3. The molecule has 0 aliphatic heterocycles. The van der Waals surface area contributed by atoms with Crippen LogP contribution in [0.5, 0.6) is 0 Å². The highest BCUT2D eigenvalue weighted by atomic mass is 16.6. The molecule has 0 amide bonds. The summed E-state index contributed by atoms with van der Waals surface area (Å²) in [6.45, 7) is 0. The van der Waals surface area contributed by atoms with Gasteiger partial charge < -0.3 is 16.7 Å². The van der Waals surface area contributed by atoms with Gasteiger partial charge in [-0.25, -0.2) is 0 Å². The molecule has 0 spiro atoms. The minimum Gasteiger partial charge on any atom is -0.507 e. The van der Waals surface area contributed by atoms with Gasteiger partial charge in [-0.2, -0.15) is 0 Å². The number of nitrogens with two attached hydrogens (primary N) is 2. The van der Waals surface area contributed by atoms with Crippen LogP contribution in [-0.2, 0) is 0 Å². The molecule has 0 saturated heterocycles. The van der Waals surface area contributed by atoms with E-state index in [1.54, 1.807) is 24.3 Å². The van der Waals surface area contributed by atoms with Crippen LogP contribution in [0, 0.1) is 10.1 Å². The Morgan fingerprint density at radius 1 is 1.26 bits per heavy atom. The zero-order chi connectivity index (χ0) is 16.8. The van der Waals surface area contributed by atoms with Gasteiger partial charge in [0.25, 0.3) is 5.69 Å². The normalized spacial score (nSPS) is 13.1. The second-order valence-corrected chi connectivity index (χ2v) is 4.49. The van der Waals surface area contributed by atoms with Gasteiger partial charge in [-0.3, -0.25) is 15.5 Å². The maximum absolute atomic E-state index is 11.0. The lowest BCUT2D eigenvalue weighted by Crippen LogP contribution is -2.29. The summed E-state index contributed by atoms with van der Waals surface area (Å²) in [5.41, 5.74) is 8.91. The fraction of sp³-hybridized carbons (Fsp3) is 0. The van der Waals surface area contributed by atoms with Gasteiger partial charge in [0.2, 0.25) is 0 Å². The lowest BCUT2D eigenvalue weighted by molar-refractivity contribution is -0.385. The highest BCUT2D eigenvalue weighted by Crippen LogP contribution is 2.12. The first-order valence-corrected chi connectivity index (χ1v) is 6.42. The SMILES string of the molecule is N/N=N/N/C=c1/ccc([N+](=O)[O-])c/c1=C(/O)c1ccc(N)cc1. The van der Waals surface area contributed by atoms with Crippen LogP contribution in [0.4, 0.5) is 11.4 Å². The molecule has 0 aliphatic rings. The van der Waals surface area contributed by atoms with E-state index in [9.17, 15) is 15.2 Å². The molecule has 9 heteroatoms. The Kier molecular flexibility index (Phi) is 4.72. The predicted octanol–water partition coefficient (Wildman–Crippen LogP) is 0.460. The molecule has 23 heavy (non-hydrogen) atoms. The Hall–Kier alpha value is -3.62. The van der Waals surface area contributed by atoms with Gasteiger partial charge >= 0.3 is 0 Å². The Balaban J connectivity index is 2.71. The Morgan fingerprint density at radius 3 is 2.57 bits per heavy atom. The number of hydrogen-bond donors (Lipinski definition) is 4. The maximum Gasteiger partial charge on any atom is 0.270 e. The first-order chi connectivity index (χ1) is 11.0. The Bertz CT molecular complexity index is 861. The number of nitro benzene ring substituents is 1. The average Bonchev–Trinajstić information content (AvgIpc) is 2.55. The van der Waals surface area contributed by atoms with Crippen molar-refractivity contribution in [1.29, 1.82) is 0 Å². The molecule has 0 aromatic heterocycles. The maximum atomic E-state index is 11.0. The highest BCUT2D eigenvalue weighted by molar-refractivity contribution is 5.61. The molecule has 0 saturated carbocycles. The standard InChI is InChI=1S/C14H14N6O3/c15-11-4-1-9(2-5-11)14(21)13-7-12(20(22)23)6-3-10(13)8-17-19-18-16/h1-8,21H,15H2,(H2,16,19)(H,17,18)/b10-8-,14-13-. The summed E-state index contributed by atoms with van der Waals surface area (Å²) in [6, 6.07) is 10.5. The van der Waals surface area contributed by atoms with E-state index in [0.717, 1.165) is 0 Å². The lowest BCUT2D eigenvalue weighted by Gasteiger charge is -2.02. The van der Waals surface area contributed by atoms with Crippen LogP contribution < -0.4 is 27.4 Å². The first-order valence-electron chi connectivity index (χ1n) is 6.42. The minimum absolute atomic E-state index is 0.133. The van der Waals surface area contributed by atoms with Crippen LogP contribution in [0.3, 0.4) is 0 Å². The summed E-state index contributed by atoms with van der Waals surface area (Å²) in [5, 5.41) is 28.5. The summed E-state index contributed by atoms with van der Waals surface area (Å²) in [7, 11) is 0. The number of anilines is 1. The molecule has 118 valence electrons. The zero-order valence-corrected chi connectivity index (χ0v) is 11.9. The molecule has 6 N–H and O–H groups in total. The molecule has 0 bridgehead atoms. The van der Waals surface area contributed by atoms with E-state index in [2.05, 4.69) is 15.9 Å². The molecule has 0 aliphatic carbocycles. The van der Waals surface area contributed by atoms with Gasteiger partial charge in [0.15, 0.2) is 0 Å². The van der Waals surface area contributed by atoms with Gasteiger partial charge in [-0.05, 0) is 30.3 Å². The Labute approximate surface area is 130 Å². The lowest BCUT2D eigenvalue weighted by atomic mass is 10.1. The van der Waals surface area contributed by atoms with Crippen molar-refractivity contribution in [3.63, 3.8) is 0 Å². The molecule has 0 heterocycles. The van der Waals surface area contributed by atoms with E-state index < -0.39 is 4.92 Å². The van der Waals surface area contributed by atoms with Crippen molar-refractivity contribution in [2.24, 2.45) is 16.3 Å². The summed E-state index contributed by atoms with van der Waals surface area (Å²) < 4.78 is 0. The highest BCUT2D eigenvalue weighted by Gasteiger charge is 2.08. The topological polar surface area (TPSA) is 152 Å². The number of nitrogens with one attached hydrogen (secondary N) is 1. The monoisotopic (exact) mass is 314 g/mol. The van der Waals surface area contributed by atoms with Crippen molar-refractivity contribution >= 4 is 23.3 Å². The summed E-state index contributed by atoms with van der Waals surface area (Å²) in [6.07, 6.45) is 1.41. The van der Waals surface area contributed by atoms with Crippen molar-refractivity contribution in [3.05, 3.63) is 68.6 Å². The molecule has 0 unspecified atom stereocenters. The number of aliphatic hydroxyl groups is 1. The second-order valence-electron chi connectivity index (χ2n) is 4.49. The largest absolute Gasteiger partial charge is 0.507 e. The third kappa shape index (κ3) is 3.73. The van der Waals surface area contributed by atoms with Gasteiger partial charge in [-0.1, -0.05) is 10.4 Å². The van der Waals surface area contributed by atoms with E-state index in [1.807, 2.05) is 0 Å². The number of rotatable bonds is 4. The van der Waals surface area contributed by atoms with E-state index >= 15 is 0 Å². The van der Waals surface area contributed by atoms with E-state index in [1.165, 1.54) is 24.4 Å². The predicted molar refractivity (Wildman–Crippen MR) is 85.0 cm³/mol. The molecule has 0 radical (unpaired) electrons. The van der Waals surface area contributed by atoms with Crippen LogP contribution in [0.15, 0.2) is 52.9 Å². The Morgan fingerprint density at radius 2 is 1.96 bits per heavy atom. The molecule has 0 fully saturated rings. The number of aliphatic hydroxyl groups excluding tert-OH is 1. The fourth-order valence-electron chi connectivity index (χ4n) is 1.92. The first kappa shape index (κ1) is 15.8. The van der Waals surface area contributed by atoms with Gasteiger partial charge in [-0.15, -0.1) is 0 Å². The van der Waals surface area contributed by atoms with Crippen LogP contribution in [0.25, 0.3) is 12.0 Å². The molecular weight excluding hydrogens is 300 g/mol. The minimum atomic E-state index is -0.545. The summed E-state index contributed by atoms with van der Waals surface area (Å²) in [4.78, 5) is 10.4. The van der Waals surface area contributed by atoms with Crippen LogP contribution >= 0.6 is 0 Å². The fourth-order valence-corrected chi connectivity index (χ4v) is 1.92. The van der Waals surface area contributed by atoms with Gasteiger partial charge in [0.1, 0.15) is 5.76 Å². The molecule has 2 rings (SSSR count). The van der Waals surface area contributed by atoms with E-state index in [0.29, 0.717) is 16.5 Å². The number of hydrogen-bond acceptors (Lipinski definition) is 6. The van der Waals surface area contributed by atoms with Crippen LogP contribution in [0.2, 0.25) is 0 Å². The van der Waals surface area contributed by atoms with Gasteiger partial charge in [0, 0.05) is 40.0 Å². The van der Waals surface area contributed by atoms with Crippen molar-refractivity contribution < 1.29 is 10.0 Å². The zero-order valence-electron chi connectivity index (χ0n) is 11.9. The number of nitrogens with zero attached hydrogens (tertiary/aromatic N) is 3. The molecule has 0 atom stereocenters. The molecule has 9 nitrogen and oxygen atoms in total. The summed E-state index contributed by atoms with van der Waals surface area (Å²) >= 11 is 0. The number of benzene rings is 2. The number of nitrogen functional groups attached to an aromatic ring is 1. The van der Waals surface area contributed by atoms with E-state index in [4.69, 9.17) is 11.6 Å². The van der Waals surface area contributed by atoms with Crippen molar-refractivity contribution in [2.75, 3.05) is 5.73 Å². The number of nitro groups is 1. The smallest absolute Gasteiger partial charge is 0.270 e. The van der Waals surface area contributed by atoms with Crippen LogP contribution in [-0.4, -0.2) is 10.0 Å². The average molecular weight is 314 g/mol. The second kappa shape index (κ2) is 6.89. The van der Waals surface area contributed by atoms with Crippen LogP contribution in [0.1, 0.15) is 5.56 Å². The van der Waals surface area contributed by atoms with Crippen molar-refractivity contribution in [1.82, 2.24) is 5.43 Å². The number of non-ortho nitro benzene ring substituents is 1. The molecule has 2 aromatic carbocycles. The van der Waals surface area contributed by atoms with Gasteiger partial charge in [0.05, 0.1) is 4.92 Å². The quantitative estimate of drug-likeness (QED) is 0.211. The summed E-state index contributed by atoms with van der Waals surface area (Å²) in [5.74, 6) is 4.75. The van der Waals surface area contributed by atoms with E-state index in [-0.39, 0.29) is 16.7 Å². The third-order valence-electron chi connectivity index (χ3n) is 3.02. The molecule has 2 aromatic rings.